The van der Waals surface area contributed by atoms with Crippen LogP contribution in [0.2, 0.25) is 0 Å². The van der Waals surface area contributed by atoms with Gasteiger partial charge in [0.25, 0.3) is 0 Å². The minimum absolute atomic E-state index is 0.146. The first kappa shape index (κ1) is 11.6. The smallest absolute Gasteiger partial charge is 0.163 e. The molecule has 0 aromatic rings. The van der Waals surface area contributed by atoms with Gasteiger partial charge in [-0.15, -0.1) is 0 Å². The molecular weight excluding hydrogens is 212 g/mol. The Balaban J connectivity index is 2.03. The summed E-state index contributed by atoms with van der Waals surface area (Å²) < 4.78 is 11.3. The monoisotopic (exact) mass is 228 g/mol. The molecule has 2 aliphatic rings. The van der Waals surface area contributed by atoms with Crippen molar-refractivity contribution in [3.8, 4) is 0 Å². The van der Waals surface area contributed by atoms with Crippen molar-refractivity contribution in [2.75, 3.05) is 13.1 Å². The van der Waals surface area contributed by atoms with Crippen LogP contribution in [0, 0.1) is 0 Å². The maximum atomic E-state index is 10.0. The first-order valence-electron chi connectivity index (χ1n) is 5.31. The maximum Gasteiger partial charge on any atom is 0.163 e. The van der Waals surface area contributed by atoms with Crippen molar-refractivity contribution in [2.45, 2.75) is 44.0 Å². The number of fused-ring (bicyclic) bond motifs is 1. The summed E-state index contributed by atoms with van der Waals surface area (Å²) >= 11 is 0. The molecule has 0 saturated carbocycles. The molecule has 2 aliphatic heterocycles. The maximum absolute atomic E-state index is 10.0. The normalized spacial score (nSPS) is 41.2. The Bertz CT molecular complexity index is 316. The summed E-state index contributed by atoms with van der Waals surface area (Å²) in [6.07, 6.45) is -1.21. The largest absolute Gasteiger partial charge is 0.389 e. The van der Waals surface area contributed by atoms with Crippen molar-refractivity contribution in [3.63, 3.8) is 0 Å². The van der Waals surface area contributed by atoms with Gasteiger partial charge in [-0.05, 0) is 19.4 Å². The van der Waals surface area contributed by atoms with Gasteiger partial charge in [0.15, 0.2) is 5.79 Å². The molecular formula is C9H16N4O3. The van der Waals surface area contributed by atoms with Crippen LogP contribution in [-0.4, -0.2) is 48.3 Å². The highest BCUT2D eigenvalue weighted by atomic mass is 16.8. The molecule has 0 amide bonds. The summed E-state index contributed by atoms with van der Waals surface area (Å²) in [4.78, 5) is 2.68. The molecule has 0 radical (unpaired) electrons. The fraction of sp³-hybridized carbons (Fsp3) is 1.00. The van der Waals surface area contributed by atoms with Crippen LogP contribution in [0.15, 0.2) is 5.11 Å². The summed E-state index contributed by atoms with van der Waals surface area (Å²) in [5.74, 6) is -0.661. The molecule has 7 heteroatoms. The Kier molecular flexibility index (Phi) is 3.05. The molecule has 0 aliphatic carbocycles. The van der Waals surface area contributed by atoms with Gasteiger partial charge in [0.2, 0.25) is 0 Å². The fourth-order valence-corrected chi connectivity index (χ4v) is 2.22. The van der Waals surface area contributed by atoms with Crippen LogP contribution in [0.25, 0.3) is 10.4 Å². The number of aliphatic hydroxyl groups is 1. The van der Waals surface area contributed by atoms with E-state index in [2.05, 4.69) is 15.3 Å². The van der Waals surface area contributed by atoms with E-state index in [0.717, 1.165) is 0 Å². The van der Waals surface area contributed by atoms with Crippen molar-refractivity contribution in [2.24, 2.45) is 5.11 Å². The van der Waals surface area contributed by atoms with E-state index in [1.165, 1.54) is 0 Å². The SMILES string of the molecule is CC1(C)O[C@H]2[C@H](O)[C@@H](CN=[N+]=[N-])NC[C@@H]2O1. The van der Waals surface area contributed by atoms with Gasteiger partial charge in [-0.2, -0.15) is 0 Å². The first-order valence-corrected chi connectivity index (χ1v) is 5.31. The number of nitrogens with zero attached hydrogens (tertiary/aromatic N) is 3. The van der Waals surface area contributed by atoms with Gasteiger partial charge in [0.1, 0.15) is 12.2 Å². The molecule has 0 spiro atoms. The van der Waals surface area contributed by atoms with Gasteiger partial charge in [0.05, 0.1) is 6.10 Å². The molecule has 2 heterocycles. The van der Waals surface area contributed by atoms with Gasteiger partial charge >= 0.3 is 0 Å². The third-order valence-electron chi connectivity index (χ3n) is 2.89. The number of hydrogen-bond acceptors (Lipinski definition) is 5. The van der Waals surface area contributed by atoms with Crippen LogP contribution in [0.4, 0.5) is 0 Å². The summed E-state index contributed by atoms with van der Waals surface area (Å²) in [6, 6.07) is -0.269. The topological polar surface area (TPSA) is 99.5 Å². The Morgan fingerprint density at radius 1 is 1.56 bits per heavy atom. The molecule has 2 N–H and O–H groups in total. The van der Waals surface area contributed by atoms with Crippen LogP contribution in [-0.2, 0) is 9.47 Å². The van der Waals surface area contributed by atoms with Crippen LogP contribution in [0.5, 0.6) is 0 Å². The molecule has 90 valence electrons. The predicted octanol–water partition coefficient (Wildman–Crippen LogP) is 0.149. The summed E-state index contributed by atoms with van der Waals surface area (Å²) in [5, 5.41) is 16.6. The van der Waals surface area contributed by atoms with E-state index >= 15 is 0 Å². The van der Waals surface area contributed by atoms with Crippen LogP contribution >= 0.6 is 0 Å². The molecule has 0 unspecified atom stereocenters. The minimum Gasteiger partial charge on any atom is -0.389 e. The molecule has 16 heavy (non-hydrogen) atoms. The first-order chi connectivity index (χ1) is 7.53. The lowest BCUT2D eigenvalue weighted by molar-refractivity contribution is -0.153. The molecule has 4 atom stereocenters. The van der Waals surface area contributed by atoms with Gasteiger partial charge in [-0.25, -0.2) is 0 Å². The quantitative estimate of drug-likeness (QED) is 0.399. The minimum atomic E-state index is -0.717. The zero-order chi connectivity index (χ0) is 11.8. The number of ether oxygens (including phenoxy) is 2. The molecule has 2 fully saturated rings. The average molecular weight is 228 g/mol. The van der Waals surface area contributed by atoms with E-state index in [4.69, 9.17) is 15.0 Å². The number of azide groups is 1. The van der Waals surface area contributed by atoms with E-state index < -0.39 is 11.9 Å². The third kappa shape index (κ3) is 2.14. The Morgan fingerprint density at radius 2 is 2.31 bits per heavy atom. The number of rotatable bonds is 2. The lowest BCUT2D eigenvalue weighted by atomic mass is 9.96. The standard InChI is InChI=1S/C9H16N4O3/c1-9(2)15-6-4-11-5(3-12-13-10)7(14)8(6)16-9/h5-8,11,14H,3-4H2,1-2H3/t5-,6+,7-,8-/m1/s1. The summed E-state index contributed by atoms with van der Waals surface area (Å²) in [6.45, 7) is 4.45. The van der Waals surface area contributed by atoms with E-state index in [-0.39, 0.29) is 24.8 Å². The van der Waals surface area contributed by atoms with Crippen LogP contribution < -0.4 is 5.32 Å². The molecule has 2 rings (SSSR count). The van der Waals surface area contributed by atoms with Crippen molar-refractivity contribution in [1.82, 2.24) is 5.32 Å². The predicted molar refractivity (Wildman–Crippen MR) is 55.6 cm³/mol. The van der Waals surface area contributed by atoms with Crippen molar-refractivity contribution in [3.05, 3.63) is 10.4 Å². The highest BCUT2D eigenvalue weighted by Crippen LogP contribution is 2.32. The summed E-state index contributed by atoms with van der Waals surface area (Å²) in [7, 11) is 0. The Hall–Kier alpha value is -0.850. The third-order valence-corrected chi connectivity index (χ3v) is 2.89. The van der Waals surface area contributed by atoms with Gasteiger partial charge in [-0.1, -0.05) is 5.11 Å². The second-order valence-electron chi connectivity index (χ2n) is 4.56. The number of piperidine rings is 1. The number of hydrogen-bond donors (Lipinski definition) is 2. The lowest BCUT2D eigenvalue weighted by Crippen LogP contribution is -2.59. The van der Waals surface area contributed by atoms with E-state index in [1.807, 2.05) is 13.8 Å². The number of nitrogens with one attached hydrogen (secondary N) is 1. The molecule has 0 bridgehead atoms. The van der Waals surface area contributed by atoms with E-state index in [9.17, 15) is 5.11 Å². The second kappa shape index (κ2) is 4.20. The highest BCUT2D eigenvalue weighted by Gasteiger charge is 2.49. The lowest BCUT2D eigenvalue weighted by Gasteiger charge is -2.34. The zero-order valence-corrected chi connectivity index (χ0v) is 9.33. The molecule has 2 saturated heterocycles. The molecule has 0 aromatic heterocycles. The second-order valence-corrected chi connectivity index (χ2v) is 4.56. The Labute approximate surface area is 93.4 Å². The number of aliphatic hydroxyl groups excluding tert-OH is 1. The highest BCUT2D eigenvalue weighted by molar-refractivity contribution is 4.98. The van der Waals surface area contributed by atoms with Crippen LogP contribution in [0.1, 0.15) is 13.8 Å². The fourth-order valence-electron chi connectivity index (χ4n) is 2.22. The van der Waals surface area contributed by atoms with Gasteiger partial charge < -0.3 is 19.9 Å². The van der Waals surface area contributed by atoms with Crippen molar-refractivity contribution >= 4 is 0 Å². The molecule has 0 aromatic carbocycles. The van der Waals surface area contributed by atoms with E-state index in [1.54, 1.807) is 0 Å². The van der Waals surface area contributed by atoms with Gasteiger partial charge in [-0.3, -0.25) is 0 Å². The van der Waals surface area contributed by atoms with Crippen molar-refractivity contribution in [1.29, 1.82) is 0 Å². The van der Waals surface area contributed by atoms with E-state index in [0.29, 0.717) is 6.54 Å². The van der Waals surface area contributed by atoms with Crippen LogP contribution in [0.3, 0.4) is 0 Å². The van der Waals surface area contributed by atoms with Crippen molar-refractivity contribution < 1.29 is 14.6 Å². The zero-order valence-electron chi connectivity index (χ0n) is 9.33. The summed E-state index contributed by atoms with van der Waals surface area (Å²) in [5.41, 5.74) is 8.25. The molecule has 7 nitrogen and oxygen atoms in total. The van der Waals surface area contributed by atoms with Gasteiger partial charge in [0, 0.05) is 24.0 Å². The average Bonchev–Trinajstić information content (AvgIpc) is 2.53. The Morgan fingerprint density at radius 3 is 3.00 bits per heavy atom.